The molecule has 1 aliphatic rings. The smallest absolute Gasteiger partial charge is 0.355 e. The van der Waals surface area contributed by atoms with Crippen molar-refractivity contribution in [1.82, 2.24) is 0 Å². The molecule has 0 radical (unpaired) electrons. The lowest BCUT2D eigenvalue weighted by Crippen LogP contribution is -2.39. The topological polar surface area (TPSA) is 65.1 Å². The van der Waals surface area contributed by atoms with E-state index in [9.17, 15) is 9.59 Å². The fourth-order valence-electron chi connectivity index (χ4n) is 2.27. The summed E-state index contributed by atoms with van der Waals surface area (Å²) in [6.45, 7) is 1.84. The van der Waals surface area contributed by atoms with Gasteiger partial charge in [0, 0.05) is 4.47 Å². The quantitative estimate of drug-likeness (QED) is 0.484. The Morgan fingerprint density at radius 1 is 1.25 bits per heavy atom. The van der Waals surface area contributed by atoms with Gasteiger partial charge in [-0.25, -0.2) is 9.59 Å². The van der Waals surface area contributed by atoms with Crippen LogP contribution in [0, 0.1) is 6.92 Å². The molecule has 0 N–H and O–H groups in total. The van der Waals surface area contributed by atoms with Crippen LogP contribution in [0.15, 0.2) is 26.3 Å². The molecular formula is C15H14Br2ClNO5. The summed E-state index contributed by atoms with van der Waals surface area (Å²) in [5.74, 6) is -1.33. The van der Waals surface area contributed by atoms with Crippen LogP contribution in [-0.2, 0) is 23.8 Å². The number of aryl methyl sites for hydroxylation is 1. The van der Waals surface area contributed by atoms with Crippen LogP contribution in [0.4, 0.5) is 5.69 Å². The van der Waals surface area contributed by atoms with E-state index in [1.165, 1.54) is 19.1 Å². The molecule has 0 fully saturated rings. The molecule has 0 saturated heterocycles. The second-order valence-electron chi connectivity index (χ2n) is 4.87. The maximum absolute atomic E-state index is 12.3. The van der Waals surface area contributed by atoms with Gasteiger partial charge in [0.2, 0.25) is 0 Å². The maximum atomic E-state index is 12.3. The van der Waals surface area contributed by atoms with E-state index >= 15 is 0 Å². The molecule has 1 heterocycles. The normalized spacial score (nSPS) is 14.7. The first-order valence-corrected chi connectivity index (χ1v) is 8.69. The van der Waals surface area contributed by atoms with Crippen molar-refractivity contribution < 1.29 is 23.8 Å². The van der Waals surface area contributed by atoms with Crippen molar-refractivity contribution in [3.05, 3.63) is 36.9 Å². The third-order valence-electron chi connectivity index (χ3n) is 3.42. The van der Waals surface area contributed by atoms with Crippen molar-refractivity contribution in [3.8, 4) is 0 Å². The van der Waals surface area contributed by atoms with Crippen molar-refractivity contribution >= 4 is 61.1 Å². The average molecular weight is 484 g/mol. The predicted molar refractivity (Wildman–Crippen MR) is 95.9 cm³/mol. The molecule has 0 atom stereocenters. The summed E-state index contributed by atoms with van der Waals surface area (Å²) in [5.41, 5.74) is 1.52. The number of nitrogens with zero attached hydrogens (tertiary/aromatic N) is 1. The van der Waals surface area contributed by atoms with E-state index in [-0.39, 0.29) is 24.6 Å². The molecule has 130 valence electrons. The first-order valence-electron chi connectivity index (χ1n) is 6.72. The Morgan fingerprint density at radius 3 is 2.46 bits per heavy atom. The fraction of sp³-hybridized carbons (Fsp3) is 0.333. The molecule has 0 bridgehead atoms. The van der Waals surface area contributed by atoms with Crippen LogP contribution in [0.3, 0.4) is 0 Å². The van der Waals surface area contributed by atoms with Crippen LogP contribution in [0.1, 0.15) is 5.56 Å². The van der Waals surface area contributed by atoms with E-state index in [1.807, 2.05) is 13.0 Å². The van der Waals surface area contributed by atoms with Gasteiger partial charge in [-0.2, -0.15) is 0 Å². The van der Waals surface area contributed by atoms with Crippen LogP contribution in [0.2, 0.25) is 5.02 Å². The summed E-state index contributed by atoms with van der Waals surface area (Å²) in [4.78, 5) is 25.8. The van der Waals surface area contributed by atoms with Crippen molar-refractivity contribution in [2.24, 2.45) is 0 Å². The molecule has 0 unspecified atom stereocenters. The highest BCUT2D eigenvalue weighted by Crippen LogP contribution is 2.43. The molecule has 1 aromatic rings. The fourth-order valence-corrected chi connectivity index (χ4v) is 4.18. The van der Waals surface area contributed by atoms with Crippen LogP contribution in [-0.4, -0.2) is 39.5 Å². The summed E-state index contributed by atoms with van der Waals surface area (Å²) in [5, 5.41) is 0.489. The SMILES string of the molecule is COC(=O)C1=C(C(=O)OC)N(c2c(Br)cc(C)c(Cl)c2Br)COC1. The van der Waals surface area contributed by atoms with Gasteiger partial charge in [0.05, 0.1) is 41.6 Å². The number of rotatable bonds is 3. The highest BCUT2D eigenvalue weighted by Gasteiger charge is 2.34. The lowest BCUT2D eigenvalue weighted by Gasteiger charge is -2.33. The molecule has 1 aliphatic heterocycles. The van der Waals surface area contributed by atoms with Gasteiger partial charge < -0.3 is 19.1 Å². The van der Waals surface area contributed by atoms with Gasteiger partial charge in [-0.15, -0.1) is 0 Å². The average Bonchev–Trinajstić information content (AvgIpc) is 2.58. The number of ether oxygens (including phenoxy) is 3. The van der Waals surface area contributed by atoms with Crippen molar-refractivity contribution in [2.45, 2.75) is 6.92 Å². The zero-order chi connectivity index (χ0) is 18.0. The third-order valence-corrected chi connectivity index (χ3v) is 5.51. The number of esters is 2. The second-order valence-corrected chi connectivity index (χ2v) is 6.89. The number of benzene rings is 1. The molecule has 9 heteroatoms. The zero-order valence-corrected chi connectivity index (χ0v) is 17.0. The van der Waals surface area contributed by atoms with E-state index in [0.29, 0.717) is 19.7 Å². The van der Waals surface area contributed by atoms with Crippen LogP contribution >= 0.6 is 43.5 Å². The highest BCUT2D eigenvalue weighted by atomic mass is 79.9. The van der Waals surface area contributed by atoms with Gasteiger partial charge in [-0.1, -0.05) is 11.6 Å². The standard InChI is InChI=1S/C15H14Br2ClNO5/c1-7-4-9(16)13(10(17)11(7)18)19-6-24-5-8(14(20)22-2)12(19)15(21)23-3/h4H,5-6H2,1-3H3. The minimum absolute atomic E-state index is 0.0432. The number of carbonyl (C=O) groups is 2. The Labute approximate surface area is 160 Å². The lowest BCUT2D eigenvalue weighted by atomic mass is 10.1. The first-order chi connectivity index (χ1) is 11.3. The summed E-state index contributed by atoms with van der Waals surface area (Å²) in [6.07, 6.45) is 0. The van der Waals surface area contributed by atoms with E-state index in [2.05, 4.69) is 31.9 Å². The third kappa shape index (κ3) is 3.46. The highest BCUT2D eigenvalue weighted by molar-refractivity contribution is 9.11. The lowest BCUT2D eigenvalue weighted by molar-refractivity contribution is -0.140. The number of halogens is 3. The summed E-state index contributed by atoms with van der Waals surface area (Å²) < 4.78 is 16.3. The molecule has 0 amide bonds. The number of hydrogen-bond donors (Lipinski definition) is 0. The van der Waals surface area contributed by atoms with Crippen LogP contribution in [0.5, 0.6) is 0 Å². The Bertz CT molecular complexity index is 735. The Morgan fingerprint density at radius 2 is 1.88 bits per heavy atom. The molecule has 0 aliphatic carbocycles. The summed E-state index contributed by atoms with van der Waals surface area (Å²) >= 11 is 13.2. The van der Waals surface area contributed by atoms with Crippen LogP contribution < -0.4 is 4.90 Å². The summed E-state index contributed by atoms with van der Waals surface area (Å²) in [6, 6.07) is 1.81. The van der Waals surface area contributed by atoms with Crippen molar-refractivity contribution in [3.63, 3.8) is 0 Å². The number of hydrogen-bond acceptors (Lipinski definition) is 6. The van der Waals surface area contributed by atoms with Crippen molar-refractivity contribution in [1.29, 1.82) is 0 Å². The molecule has 0 spiro atoms. The minimum Gasteiger partial charge on any atom is -0.466 e. The Balaban J connectivity index is 2.71. The van der Waals surface area contributed by atoms with Crippen molar-refractivity contribution in [2.75, 3.05) is 32.5 Å². The van der Waals surface area contributed by atoms with Gasteiger partial charge in [0.1, 0.15) is 12.4 Å². The van der Waals surface area contributed by atoms with E-state index in [1.54, 1.807) is 0 Å². The number of anilines is 1. The van der Waals surface area contributed by atoms with E-state index < -0.39 is 11.9 Å². The van der Waals surface area contributed by atoms with Gasteiger partial charge >= 0.3 is 11.9 Å². The molecule has 0 saturated carbocycles. The molecule has 6 nitrogen and oxygen atoms in total. The number of carbonyl (C=O) groups excluding carboxylic acids is 2. The molecule has 24 heavy (non-hydrogen) atoms. The summed E-state index contributed by atoms with van der Waals surface area (Å²) in [7, 11) is 2.47. The zero-order valence-electron chi connectivity index (χ0n) is 13.1. The van der Waals surface area contributed by atoms with E-state index in [0.717, 1.165) is 5.56 Å². The predicted octanol–water partition coefficient (Wildman–Crippen LogP) is 3.57. The van der Waals surface area contributed by atoms with Crippen LogP contribution in [0.25, 0.3) is 0 Å². The molecule has 2 rings (SSSR count). The first kappa shape index (κ1) is 19.2. The van der Waals surface area contributed by atoms with E-state index in [4.69, 9.17) is 25.8 Å². The second kappa shape index (κ2) is 7.86. The molecule has 1 aromatic carbocycles. The van der Waals surface area contributed by atoms with Gasteiger partial charge in [0.25, 0.3) is 0 Å². The number of methoxy groups -OCH3 is 2. The minimum atomic E-state index is -0.672. The van der Waals surface area contributed by atoms with Gasteiger partial charge in [-0.05, 0) is 50.4 Å². The molecular weight excluding hydrogens is 469 g/mol. The largest absolute Gasteiger partial charge is 0.466 e. The Hall–Kier alpha value is -1.09. The Kier molecular flexibility index (Phi) is 6.30. The van der Waals surface area contributed by atoms with Gasteiger partial charge in [-0.3, -0.25) is 0 Å². The monoisotopic (exact) mass is 481 g/mol. The van der Waals surface area contributed by atoms with Gasteiger partial charge in [0.15, 0.2) is 0 Å². The maximum Gasteiger partial charge on any atom is 0.355 e. The molecule has 0 aromatic heterocycles.